The smallest absolute Gasteiger partial charge is 0.346 e. The number of rotatable bonds is 6. The van der Waals surface area contributed by atoms with Crippen LogP contribution in [0.1, 0.15) is 54.4 Å². The third-order valence-electron chi connectivity index (χ3n) is 6.08. The molecule has 1 aliphatic rings. The molecule has 0 atom stereocenters. The van der Waals surface area contributed by atoms with Gasteiger partial charge in [-0.05, 0) is 44.4 Å². The number of alkyl halides is 3. The number of likely N-dealkylation sites (tertiary alicyclic amines) is 1. The Morgan fingerprint density at radius 1 is 1.18 bits per heavy atom. The van der Waals surface area contributed by atoms with Gasteiger partial charge in [-0.2, -0.15) is 18.3 Å². The summed E-state index contributed by atoms with van der Waals surface area (Å²) in [4.78, 5) is 41.4. The topological polar surface area (TPSA) is 75.5 Å². The molecule has 0 unspecified atom stereocenters. The first-order valence-electron chi connectivity index (χ1n) is 11.4. The lowest BCUT2D eigenvalue weighted by Gasteiger charge is -2.33. The van der Waals surface area contributed by atoms with E-state index in [0.29, 0.717) is 38.2 Å². The Bertz CT molecular complexity index is 1110. The van der Waals surface area contributed by atoms with Crippen molar-refractivity contribution >= 4 is 11.8 Å². The first-order valence-corrected chi connectivity index (χ1v) is 11.4. The Balaban J connectivity index is 1.78. The van der Waals surface area contributed by atoms with Crippen LogP contribution in [0.15, 0.2) is 35.1 Å². The Morgan fingerprint density at radius 2 is 1.85 bits per heavy atom. The van der Waals surface area contributed by atoms with Gasteiger partial charge in [0.15, 0.2) is 5.69 Å². The van der Waals surface area contributed by atoms with E-state index < -0.39 is 23.1 Å². The van der Waals surface area contributed by atoms with Gasteiger partial charge in [-0.1, -0.05) is 19.4 Å². The number of unbranched alkanes of at least 4 members (excludes halogenated alkanes) is 1. The number of aromatic nitrogens is 2. The lowest BCUT2D eigenvalue weighted by Crippen LogP contribution is -2.45. The number of aryl methyl sites for hydroxylation is 1. The van der Waals surface area contributed by atoms with Crippen molar-refractivity contribution in [3.05, 3.63) is 57.5 Å². The largest absolute Gasteiger partial charge is 0.416 e. The number of carbonyl (C=O) groups is 2. The summed E-state index contributed by atoms with van der Waals surface area (Å²) in [7, 11) is 1.78. The molecule has 1 saturated heterocycles. The van der Waals surface area contributed by atoms with Gasteiger partial charge < -0.3 is 9.80 Å². The summed E-state index contributed by atoms with van der Waals surface area (Å²) >= 11 is 0. The normalized spacial score (nSPS) is 14.8. The van der Waals surface area contributed by atoms with Crippen molar-refractivity contribution in [3.8, 4) is 5.69 Å². The Labute approximate surface area is 196 Å². The van der Waals surface area contributed by atoms with Crippen molar-refractivity contribution in [2.45, 2.75) is 45.7 Å². The standard InChI is InChI=1S/C24H29F3N4O3/c1-4-5-11-29(3)22(33)17-9-12-30(13-10-17)23(34)21-20(32)14-16(2)31(28-21)19-8-6-7-18(15-19)24(25,26)27/h6-8,14-15,17H,4-5,9-13H2,1-3H3. The average molecular weight is 479 g/mol. The molecular formula is C24H29F3N4O3. The number of amides is 2. The van der Waals surface area contributed by atoms with E-state index in [1.807, 2.05) is 0 Å². The number of halogens is 3. The highest BCUT2D eigenvalue weighted by Crippen LogP contribution is 2.30. The molecule has 2 amide bonds. The van der Waals surface area contributed by atoms with Gasteiger partial charge in [-0.25, -0.2) is 4.68 Å². The molecule has 3 rings (SSSR count). The van der Waals surface area contributed by atoms with E-state index in [1.165, 1.54) is 34.7 Å². The number of hydrogen-bond acceptors (Lipinski definition) is 4. The second kappa shape index (κ2) is 10.4. The molecule has 1 aliphatic heterocycles. The van der Waals surface area contributed by atoms with Crippen molar-refractivity contribution < 1.29 is 22.8 Å². The van der Waals surface area contributed by atoms with Crippen LogP contribution in [0, 0.1) is 12.8 Å². The summed E-state index contributed by atoms with van der Waals surface area (Å²) in [6, 6.07) is 5.74. The molecule has 1 aromatic heterocycles. The highest BCUT2D eigenvalue weighted by Gasteiger charge is 2.32. The molecule has 0 radical (unpaired) electrons. The minimum absolute atomic E-state index is 0.0564. The van der Waals surface area contributed by atoms with E-state index in [2.05, 4.69) is 12.0 Å². The summed E-state index contributed by atoms with van der Waals surface area (Å²) in [6.07, 6.45) is -1.65. The number of nitrogens with zero attached hydrogens (tertiary/aromatic N) is 4. The van der Waals surface area contributed by atoms with Gasteiger partial charge in [0.05, 0.1) is 11.3 Å². The molecule has 2 heterocycles. The van der Waals surface area contributed by atoms with Crippen molar-refractivity contribution in [2.75, 3.05) is 26.7 Å². The summed E-state index contributed by atoms with van der Waals surface area (Å²) in [5.41, 5.74) is -1.40. The van der Waals surface area contributed by atoms with E-state index in [-0.39, 0.29) is 23.2 Å². The van der Waals surface area contributed by atoms with Crippen LogP contribution in [0.3, 0.4) is 0 Å². The zero-order valence-corrected chi connectivity index (χ0v) is 19.6. The van der Waals surface area contributed by atoms with Crippen molar-refractivity contribution in [1.29, 1.82) is 0 Å². The van der Waals surface area contributed by atoms with Crippen LogP contribution in [0.4, 0.5) is 13.2 Å². The molecule has 0 N–H and O–H groups in total. The van der Waals surface area contributed by atoms with Crippen LogP contribution < -0.4 is 5.43 Å². The molecule has 7 nitrogen and oxygen atoms in total. The van der Waals surface area contributed by atoms with Gasteiger partial charge in [0.25, 0.3) is 5.91 Å². The molecule has 2 aromatic rings. The Kier molecular flexibility index (Phi) is 7.78. The van der Waals surface area contributed by atoms with Gasteiger partial charge in [-0.3, -0.25) is 14.4 Å². The summed E-state index contributed by atoms with van der Waals surface area (Å²) < 4.78 is 40.6. The Hall–Kier alpha value is -3.17. The minimum Gasteiger partial charge on any atom is -0.346 e. The zero-order valence-electron chi connectivity index (χ0n) is 19.6. The van der Waals surface area contributed by atoms with Gasteiger partial charge >= 0.3 is 6.18 Å². The molecule has 184 valence electrons. The molecule has 0 saturated carbocycles. The average Bonchev–Trinajstić information content (AvgIpc) is 2.81. The summed E-state index contributed by atoms with van der Waals surface area (Å²) in [5.74, 6) is -0.712. The minimum atomic E-state index is -4.53. The van der Waals surface area contributed by atoms with Crippen LogP contribution >= 0.6 is 0 Å². The van der Waals surface area contributed by atoms with E-state index in [0.717, 1.165) is 25.0 Å². The van der Waals surface area contributed by atoms with Crippen LogP contribution in [0.25, 0.3) is 5.69 Å². The van der Waals surface area contributed by atoms with E-state index in [4.69, 9.17) is 0 Å². The number of hydrogen-bond donors (Lipinski definition) is 0. The first-order chi connectivity index (χ1) is 16.0. The molecule has 1 fully saturated rings. The quantitative estimate of drug-likeness (QED) is 0.635. The van der Waals surface area contributed by atoms with Crippen LogP contribution in [-0.4, -0.2) is 58.1 Å². The third kappa shape index (κ3) is 5.66. The molecule has 0 spiro atoms. The predicted molar refractivity (Wildman–Crippen MR) is 121 cm³/mol. The van der Waals surface area contributed by atoms with Crippen molar-refractivity contribution in [2.24, 2.45) is 5.92 Å². The Morgan fingerprint density at radius 3 is 2.47 bits per heavy atom. The van der Waals surface area contributed by atoms with Crippen molar-refractivity contribution in [1.82, 2.24) is 19.6 Å². The number of benzene rings is 1. The van der Waals surface area contributed by atoms with Crippen molar-refractivity contribution in [3.63, 3.8) is 0 Å². The summed E-state index contributed by atoms with van der Waals surface area (Å²) in [6.45, 7) is 4.89. The van der Waals surface area contributed by atoms with Crippen LogP contribution in [0.5, 0.6) is 0 Å². The highest BCUT2D eigenvalue weighted by molar-refractivity contribution is 5.92. The molecule has 10 heteroatoms. The predicted octanol–water partition coefficient (Wildman–Crippen LogP) is 3.67. The maximum Gasteiger partial charge on any atom is 0.416 e. The van der Waals surface area contributed by atoms with E-state index >= 15 is 0 Å². The van der Waals surface area contributed by atoms with Crippen LogP contribution in [0.2, 0.25) is 0 Å². The molecule has 0 aliphatic carbocycles. The second-order valence-corrected chi connectivity index (χ2v) is 8.64. The monoisotopic (exact) mass is 478 g/mol. The number of carbonyl (C=O) groups excluding carboxylic acids is 2. The second-order valence-electron chi connectivity index (χ2n) is 8.64. The highest BCUT2D eigenvalue weighted by atomic mass is 19.4. The third-order valence-corrected chi connectivity index (χ3v) is 6.08. The maximum absolute atomic E-state index is 13.1. The molecule has 34 heavy (non-hydrogen) atoms. The van der Waals surface area contributed by atoms with E-state index in [9.17, 15) is 27.6 Å². The fourth-order valence-electron chi connectivity index (χ4n) is 4.07. The van der Waals surface area contributed by atoms with Gasteiger partial charge in [0.2, 0.25) is 11.3 Å². The van der Waals surface area contributed by atoms with Gasteiger partial charge in [-0.15, -0.1) is 0 Å². The fraction of sp³-hybridized carbons (Fsp3) is 0.500. The van der Waals surface area contributed by atoms with E-state index in [1.54, 1.807) is 11.9 Å². The molecule has 0 bridgehead atoms. The molecular weight excluding hydrogens is 449 g/mol. The lowest BCUT2D eigenvalue weighted by molar-refractivity contribution is -0.137. The molecule has 1 aromatic carbocycles. The maximum atomic E-state index is 13.1. The van der Waals surface area contributed by atoms with Gasteiger partial charge in [0, 0.05) is 44.4 Å². The van der Waals surface area contributed by atoms with Crippen LogP contribution in [-0.2, 0) is 11.0 Å². The zero-order chi connectivity index (χ0) is 25.0. The van der Waals surface area contributed by atoms with Gasteiger partial charge in [0.1, 0.15) is 0 Å². The summed E-state index contributed by atoms with van der Waals surface area (Å²) in [5, 5.41) is 4.13. The fourth-order valence-corrected chi connectivity index (χ4v) is 4.07. The lowest BCUT2D eigenvalue weighted by atomic mass is 9.95. The SMILES string of the molecule is CCCCN(C)C(=O)C1CCN(C(=O)c2nn(-c3cccc(C(F)(F)F)c3)c(C)cc2=O)CC1. The first kappa shape index (κ1) is 25.5. The number of piperidine rings is 1.